The molecule has 0 saturated heterocycles. The summed E-state index contributed by atoms with van der Waals surface area (Å²) in [6.07, 6.45) is 2.91. The zero-order valence-electron chi connectivity index (χ0n) is 16.6. The Labute approximate surface area is 156 Å². The summed E-state index contributed by atoms with van der Waals surface area (Å²) in [6, 6.07) is 5.18. The molecule has 1 rings (SSSR count). The van der Waals surface area contributed by atoms with E-state index < -0.39 is 6.04 Å². The number of hydrogen-bond donors (Lipinski definition) is 2. The summed E-state index contributed by atoms with van der Waals surface area (Å²) in [5.41, 5.74) is 1.04. The summed E-state index contributed by atoms with van der Waals surface area (Å²) in [7, 11) is 3.19. The smallest absolute Gasteiger partial charge is 0.242 e. The van der Waals surface area contributed by atoms with Crippen LogP contribution in [0.15, 0.2) is 18.2 Å². The molecule has 6 nitrogen and oxygen atoms in total. The fourth-order valence-corrected chi connectivity index (χ4v) is 2.59. The number of ether oxygens (including phenoxy) is 2. The van der Waals surface area contributed by atoms with Crippen LogP contribution in [0.1, 0.15) is 45.6 Å². The van der Waals surface area contributed by atoms with Gasteiger partial charge in [0.1, 0.15) is 6.04 Å². The lowest BCUT2D eigenvalue weighted by Gasteiger charge is -2.21. The van der Waals surface area contributed by atoms with Gasteiger partial charge in [-0.2, -0.15) is 0 Å². The van der Waals surface area contributed by atoms with Gasteiger partial charge < -0.3 is 20.1 Å². The highest BCUT2D eigenvalue weighted by molar-refractivity contribution is 5.87. The molecule has 0 aliphatic carbocycles. The van der Waals surface area contributed by atoms with Crippen LogP contribution in [0.4, 0.5) is 0 Å². The van der Waals surface area contributed by atoms with E-state index in [2.05, 4.69) is 10.6 Å². The van der Waals surface area contributed by atoms with Crippen LogP contribution < -0.4 is 20.1 Å². The fourth-order valence-electron chi connectivity index (χ4n) is 2.59. The van der Waals surface area contributed by atoms with Crippen LogP contribution in [0.5, 0.6) is 11.5 Å². The van der Waals surface area contributed by atoms with E-state index in [-0.39, 0.29) is 17.7 Å². The van der Waals surface area contributed by atoms with Gasteiger partial charge in [-0.1, -0.05) is 33.3 Å². The van der Waals surface area contributed by atoms with Crippen LogP contribution >= 0.6 is 0 Å². The minimum absolute atomic E-state index is 0.0293. The van der Waals surface area contributed by atoms with E-state index in [0.29, 0.717) is 30.9 Å². The maximum atomic E-state index is 12.4. The average molecular weight is 364 g/mol. The van der Waals surface area contributed by atoms with Gasteiger partial charge in [0, 0.05) is 13.0 Å². The van der Waals surface area contributed by atoms with Gasteiger partial charge in [-0.25, -0.2) is 0 Å². The lowest BCUT2D eigenvalue weighted by Crippen LogP contribution is -2.50. The molecule has 1 aromatic carbocycles. The van der Waals surface area contributed by atoms with Crippen LogP contribution in [-0.4, -0.2) is 38.6 Å². The second kappa shape index (κ2) is 11.4. The molecule has 0 heterocycles. The van der Waals surface area contributed by atoms with Gasteiger partial charge in [-0.3, -0.25) is 9.59 Å². The molecule has 0 spiro atoms. The van der Waals surface area contributed by atoms with E-state index >= 15 is 0 Å². The van der Waals surface area contributed by atoms with Gasteiger partial charge in [-0.05, 0) is 36.5 Å². The predicted molar refractivity (Wildman–Crippen MR) is 103 cm³/mol. The summed E-state index contributed by atoms with van der Waals surface area (Å²) in [6.45, 7) is 6.38. The summed E-state index contributed by atoms with van der Waals surface area (Å²) in [5.74, 6) is 1.15. The van der Waals surface area contributed by atoms with E-state index in [4.69, 9.17) is 9.47 Å². The number of rotatable bonds is 11. The largest absolute Gasteiger partial charge is 0.493 e. The van der Waals surface area contributed by atoms with Gasteiger partial charge in [0.05, 0.1) is 14.2 Å². The van der Waals surface area contributed by atoms with E-state index in [1.54, 1.807) is 14.2 Å². The second-order valence-electron chi connectivity index (χ2n) is 6.62. The van der Waals surface area contributed by atoms with Crippen LogP contribution in [0.2, 0.25) is 0 Å². The number of methoxy groups -OCH3 is 2. The van der Waals surface area contributed by atoms with Gasteiger partial charge in [0.15, 0.2) is 11.5 Å². The first-order valence-electron chi connectivity index (χ1n) is 9.20. The van der Waals surface area contributed by atoms with Crippen molar-refractivity contribution in [2.24, 2.45) is 5.92 Å². The summed E-state index contributed by atoms with van der Waals surface area (Å²) < 4.78 is 10.5. The van der Waals surface area contributed by atoms with Crippen LogP contribution in [0.3, 0.4) is 0 Å². The number of carbonyl (C=O) groups is 2. The van der Waals surface area contributed by atoms with Crippen molar-refractivity contribution in [1.82, 2.24) is 10.6 Å². The van der Waals surface area contributed by atoms with Crippen molar-refractivity contribution in [3.05, 3.63) is 23.8 Å². The molecule has 2 N–H and O–H groups in total. The minimum atomic E-state index is -0.509. The van der Waals surface area contributed by atoms with Crippen molar-refractivity contribution in [3.63, 3.8) is 0 Å². The van der Waals surface area contributed by atoms with Crippen LogP contribution in [0.25, 0.3) is 0 Å². The molecule has 26 heavy (non-hydrogen) atoms. The quantitative estimate of drug-likeness (QED) is 0.633. The van der Waals surface area contributed by atoms with Gasteiger partial charge >= 0.3 is 0 Å². The number of carbonyl (C=O) groups excluding carboxylic acids is 2. The third-order valence-corrected chi connectivity index (χ3v) is 4.18. The Kier molecular flexibility index (Phi) is 9.55. The summed E-state index contributed by atoms with van der Waals surface area (Å²) in [5, 5.41) is 5.76. The van der Waals surface area contributed by atoms with E-state index in [0.717, 1.165) is 18.4 Å². The Morgan fingerprint density at radius 2 is 1.81 bits per heavy atom. The molecule has 0 fully saturated rings. The number of amides is 2. The Morgan fingerprint density at radius 1 is 1.12 bits per heavy atom. The molecule has 0 aromatic heterocycles. The molecule has 6 heteroatoms. The minimum Gasteiger partial charge on any atom is -0.493 e. The monoisotopic (exact) mass is 364 g/mol. The Hall–Kier alpha value is -2.24. The second-order valence-corrected chi connectivity index (χ2v) is 6.62. The molecule has 0 aliphatic heterocycles. The lowest BCUT2D eigenvalue weighted by molar-refractivity contribution is -0.130. The number of hydrogen-bond acceptors (Lipinski definition) is 4. The number of benzene rings is 1. The van der Waals surface area contributed by atoms with Crippen molar-refractivity contribution in [2.75, 3.05) is 20.8 Å². The molecule has 0 radical (unpaired) electrons. The molecule has 0 bridgehead atoms. The molecule has 0 aliphatic rings. The van der Waals surface area contributed by atoms with Crippen molar-refractivity contribution in [2.45, 2.75) is 52.5 Å². The maximum Gasteiger partial charge on any atom is 0.242 e. The van der Waals surface area contributed by atoms with Gasteiger partial charge in [0.25, 0.3) is 0 Å². The third-order valence-electron chi connectivity index (χ3n) is 4.18. The van der Waals surface area contributed by atoms with Crippen LogP contribution in [-0.2, 0) is 16.0 Å². The lowest BCUT2D eigenvalue weighted by atomic mass is 10.0. The normalized spacial score (nSPS) is 11.8. The fraction of sp³-hybridized carbons (Fsp3) is 0.600. The van der Waals surface area contributed by atoms with Crippen molar-refractivity contribution in [1.29, 1.82) is 0 Å². The van der Waals surface area contributed by atoms with E-state index in [1.807, 2.05) is 39.0 Å². The van der Waals surface area contributed by atoms with Gasteiger partial charge in [-0.15, -0.1) is 0 Å². The Bertz CT molecular complexity index is 587. The predicted octanol–water partition coefficient (Wildman–Crippen LogP) is 2.69. The third kappa shape index (κ3) is 6.94. The molecular formula is C20H32N2O4. The van der Waals surface area contributed by atoms with Crippen molar-refractivity contribution in [3.8, 4) is 11.5 Å². The molecule has 2 amide bonds. The summed E-state index contributed by atoms with van der Waals surface area (Å²) in [4.78, 5) is 24.4. The SMILES string of the molecule is CCCCC(=O)NC(C(=O)NCCc1ccc(OC)c(OC)c1)C(C)C. The van der Waals surface area contributed by atoms with E-state index in [1.165, 1.54) is 0 Å². The standard InChI is InChI=1S/C20H32N2O4/c1-6-7-8-18(23)22-19(14(2)3)20(24)21-12-11-15-9-10-16(25-4)17(13-15)26-5/h9-10,13-14,19H,6-8,11-12H2,1-5H3,(H,21,24)(H,22,23). The van der Waals surface area contributed by atoms with Gasteiger partial charge in [0.2, 0.25) is 11.8 Å². The van der Waals surface area contributed by atoms with Crippen LogP contribution in [0, 0.1) is 5.92 Å². The number of nitrogens with one attached hydrogen (secondary N) is 2. The maximum absolute atomic E-state index is 12.4. The van der Waals surface area contributed by atoms with E-state index in [9.17, 15) is 9.59 Å². The van der Waals surface area contributed by atoms with Crippen molar-refractivity contribution >= 4 is 11.8 Å². The zero-order chi connectivity index (χ0) is 19.5. The first kappa shape index (κ1) is 21.8. The number of unbranched alkanes of at least 4 members (excludes halogenated alkanes) is 1. The first-order valence-corrected chi connectivity index (χ1v) is 9.20. The molecule has 1 unspecified atom stereocenters. The molecule has 0 saturated carbocycles. The Balaban J connectivity index is 2.56. The molecule has 146 valence electrons. The highest BCUT2D eigenvalue weighted by atomic mass is 16.5. The zero-order valence-corrected chi connectivity index (χ0v) is 16.6. The topological polar surface area (TPSA) is 76.7 Å². The highest BCUT2D eigenvalue weighted by Crippen LogP contribution is 2.27. The van der Waals surface area contributed by atoms with Crippen molar-refractivity contribution < 1.29 is 19.1 Å². The molecule has 1 aromatic rings. The average Bonchev–Trinajstić information content (AvgIpc) is 2.63. The summed E-state index contributed by atoms with van der Waals surface area (Å²) >= 11 is 0. The highest BCUT2D eigenvalue weighted by Gasteiger charge is 2.23. The molecule has 1 atom stereocenters. The molecular weight excluding hydrogens is 332 g/mol. The Morgan fingerprint density at radius 3 is 2.38 bits per heavy atom. The first-order chi connectivity index (χ1) is 12.4.